The number of nitrogens with zero attached hydrogens (tertiary/aromatic N) is 2. The Morgan fingerprint density at radius 1 is 0.917 bits per heavy atom. The third kappa shape index (κ3) is 2.77. The van der Waals surface area contributed by atoms with E-state index in [0.717, 1.165) is 0 Å². The first-order valence-electron chi connectivity index (χ1n) is 6.48. The molecule has 0 bridgehead atoms. The van der Waals surface area contributed by atoms with Crippen molar-refractivity contribution in [3.8, 4) is 23.6 Å². The van der Waals surface area contributed by atoms with E-state index in [1.807, 2.05) is 0 Å². The van der Waals surface area contributed by atoms with Gasteiger partial charge in [-0.25, -0.2) is 13.2 Å². The monoisotopic (exact) mass is 333 g/mol. The van der Waals surface area contributed by atoms with E-state index in [4.69, 9.17) is 20.0 Å². The van der Waals surface area contributed by atoms with Gasteiger partial charge in [-0.1, -0.05) is 0 Å². The van der Waals surface area contributed by atoms with Crippen molar-refractivity contribution in [3.05, 3.63) is 46.8 Å². The Bertz CT molecular complexity index is 886. The molecule has 0 amide bonds. The number of methoxy groups -OCH3 is 2. The van der Waals surface area contributed by atoms with Crippen molar-refractivity contribution in [2.75, 3.05) is 19.5 Å². The Morgan fingerprint density at radius 2 is 1.54 bits per heavy atom. The molecule has 5 nitrogen and oxygen atoms in total. The van der Waals surface area contributed by atoms with Crippen LogP contribution in [0.15, 0.2) is 18.2 Å². The van der Waals surface area contributed by atoms with Crippen LogP contribution in [0.3, 0.4) is 0 Å². The molecular weight excluding hydrogens is 323 g/mol. The number of benzene rings is 2. The number of halogens is 3. The molecule has 2 aromatic carbocycles. The zero-order chi connectivity index (χ0) is 17.9. The van der Waals surface area contributed by atoms with Crippen LogP contribution in [0.1, 0.15) is 11.1 Å². The molecule has 0 aliphatic carbocycles. The molecule has 0 saturated carbocycles. The van der Waals surface area contributed by atoms with E-state index in [1.165, 1.54) is 44.6 Å². The molecule has 0 heterocycles. The maximum Gasteiger partial charge on any atom is 0.186 e. The lowest BCUT2D eigenvalue weighted by Gasteiger charge is -2.15. The summed E-state index contributed by atoms with van der Waals surface area (Å²) in [6, 6.07) is 6.98. The van der Waals surface area contributed by atoms with Crippen molar-refractivity contribution < 1.29 is 22.6 Å². The summed E-state index contributed by atoms with van der Waals surface area (Å²) in [4.78, 5) is 0. The maximum absolute atomic E-state index is 14.3. The molecule has 2 rings (SSSR count). The van der Waals surface area contributed by atoms with Gasteiger partial charge in [-0.15, -0.1) is 0 Å². The molecule has 0 aliphatic heterocycles. The van der Waals surface area contributed by atoms with Gasteiger partial charge in [0.25, 0.3) is 0 Å². The Kier molecular flexibility index (Phi) is 4.81. The molecule has 0 spiro atoms. The second kappa shape index (κ2) is 6.80. The summed E-state index contributed by atoms with van der Waals surface area (Å²) >= 11 is 0. The van der Waals surface area contributed by atoms with Crippen molar-refractivity contribution >= 4 is 11.4 Å². The lowest BCUT2D eigenvalue weighted by Crippen LogP contribution is -2.07. The summed E-state index contributed by atoms with van der Waals surface area (Å²) in [7, 11) is 2.75. The predicted octanol–water partition coefficient (Wildman–Crippen LogP) is 3.61. The van der Waals surface area contributed by atoms with Crippen molar-refractivity contribution in [1.82, 2.24) is 0 Å². The van der Waals surface area contributed by atoms with Crippen LogP contribution in [0, 0.1) is 40.1 Å². The minimum Gasteiger partial charge on any atom is -0.497 e. The lowest BCUT2D eigenvalue weighted by atomic mass is 10.1. The average Bonchev–Trinajstić information content (AvgIpc) is 2.61. The zero-order valence-corrected chi connectivity index (χ0v) is 12.6. The number of rotatable bonds is 4. The largest absolute Gasteiger partial charge is 0.497 e. The highest BCUT2D eigenvalue weighted by Gasteiger charge is 2.25. The highest BCUT2D eigenvalue weighted by molar-refractivity contribution is 5.71. The van der Waals surface area contributed by atoms with Crippen LogP contribution in [0.2, 0.25) is 0 Å². The summed E-state index contributed by atoms with van der Waals surface area (Å²) < 4.78 is 52.4. The van der Waals surface area contributed by atoms with Crippen molar-refractivity contribution in [1.29, 1.82) is 10.5 Å². The summed E-state index contributed by atoms with van der Waals surface area (Å²) in [5.74, 6) is -3.98. The molecule has 24 heavy (non-hydrogen) atoms. The molecule has 122 valence electrons. The Morgan fingerprint density at radius 3 is 2.08 bits per heavy atom. The third-order valence-corrected chi connectivity index (χ3v) is 3.21. The summed E-state index contributed by atoms with van der Waals surface area (Å²) in [6.45, 7) is 0. The number of hydrogen-bond acceptors (Lipinski definition) is 5. The number of anilines is 2. The van der Waals surface area contributed by atoms with Gasteiger partial charge in [0, 0.05) is 6.07 Å². The standard InChI is InChI=1S/C16H10F3N3O2/c1-23-8-3-4-11(12(5-8)24-2)22-16-14(18)10(7-21)9(6-20)13(17)15(16)19/h3-5,22H,1-2H3. The second-order valence-electron chi connectivity index (χ2n) is 4.48. The van der Waals surface area contributed by atoms with Gasteiger partial charge in [0.2, 0.25) is 0 Å². The van der Waals surface area contributed by atoms with Crippen molar-refractivity contribution in [3.63, 3.8) is 0 Å². The van der Waals surface area contributed by atoms with Gasteiger partial charge in [0.05, 0.1) is 19.9 Å². The smallest absolute Gasteiger partial charge is 0.186 e. The van der Waals surface area contributed by atoms with E-state index in [9.17, 15) is 13.2 Å². The number of nitrogens with one attached hydrogen (secondary N) is 1. The highest BCUT2D eigenvalue weighted by atomic mass is 19.2. The molecule has 0 unspecified atom stereocenters. The SMILES string of the molecule is COc1ccc(Nc2c(F)c(F)c(C#N)c(C#N)c2F)c(OC)c1. The van der Waals surface area contributed by atoms with Crippen LogP contribution < -0.4 is 14.8 Å². The lowest BCUT2D eigenvalue weighted by molar-refractivity contribution is 0.395. The van der Waals surface area contributed by atoms with E-state index >= 15 is 0 Å². The normalized spacial score (nSPS) is 9.79. The average molecular weight is 333 g/mol. The number of nitriles is 2. The van der Waals surface area contributed by atoms with Crippen LogP contribution in [-0.4, -0.2) is 14.2 Å². The fraction of sp³-hybridized carbons (Fsp3) is 0.125. The predicted molar refractivity (Wildman–Crippen MR) is 78.6 cm³/mol. The van der Waals surface area contributed by atoms with Crippen molar-refractivity contribution in [2.24, 2.45) is 0 Å². The molecule has 0 aromatic heterocycles. The van der Waals surface area contributed by atoms with E-state index in [0.29, 0.717) is 5.75 Å². The number of ether oxygens (including phenoxy) is 2. The Balaban J connectivity index is 2.62. The zero-order valence-electron chi connectivity index (χ0n) is 12.6. The van der Waals surface area contributed by atoms with E-state index < -0.39 is 34.3 Å². The van der Waals surface area contributed by atoms with Gasteiger partial charge >= 0.3 is 0 Å². The summed E-state index contributed by atoms with van der Waals surface area (Å²) in [5, 5.41) is 20.0. The molecule has 8 heteroatoms. The van der Waals surface area contributed by atoms with Gasteiger partial charge in [0.15, 0.2) is 17.5 Å². The maximum atomic E-state index is 14.3. The molecule has 2 aromatic rings. The van der Waals surface area contributed by atoms with Gasteiger partial charge in [0.1, 0.15) is 40.5 Å². The molecule has 0 atom stereocenters. The fourth-order valence-corrected chi connectivity index (χ4v) is 2.02. The van der Waals surface area contributed by atoms with E-state index in [2.05, 4.69) is 5.32 Å². The minimum absolute atomic E-state index is 0.115. The Labute approximate surface area is 135 Å². The first-order chi connectivity index (χ1) is 11.5. The molecule has 0 radical (unpaired) electrons. The van der Waals surface area contributed by atoms with Crippen molar-refractivity contribution in [2.45, 2.75) is 0 Å². The van der Waals surface area contributed by atoms with Crippen LogP contribution in [-0.2, 0) is 0 Å². The highest BCUT2D eigenvalue weighted by Crippen LogP contribution is 2.35. The fourth-order valence-electron chi connectivity index (χ4n) is 2.02. The van der Waals surface area contributed by atoms with Gasteiger partial charge < -0.3 is 14.8 Å². The molecule has 0 saturated heterocycles. The van der Waals surface area contributed by atoms with Gasteiger partial charge in [-0.2, -0.15) is 10.5 Å². The summed E-state index contributed by atoms with van der Waals surface area (Å²) in [5.41, 5.74) is -2.65. The third-order valence-electron chi connectivity index (χ3n) is 3.21. The second-order valence-corrected chi connectivity index (χ2v) is 4.48. The molecule has 1 N–H and O–H groups in total. The van der Waals surface area contributed by atoms with Crippen LogP contribution in [0.5, 0.6) is 11.5 Å². The van der Waals surface area contributed by atoms with Crippen LogP contribution in [0.25, 0.3) is 0 Å². The van der Waals surface area contributed by atoms with E-state index in [1.54, 1.807) is 0 Å². The first kappa shape index (κ1) is 17.0. The number of hydrogen-bond donors (Lipinski definition) is 1. The van der Waals surface area contributed by atoms with Gasteiger partial charge in [-0.3, -0.25) is 0 Å². The minimum atomic E-state index is -1.61. The molecule has 0 aliphatic rings. The van der Waals surface area contributed by atoms with Gasteiger partial charge in [-0.05, 0) is 12.1 Å². The van der Waals surface area contributed by atoms with E-state index in [-0.39, 0.29) is 11.4 Å². The topological polar surface area (TPSA) is 78.1 Å². The molecule has 0 fully saturated rings. The van der Waals surface area contributed by atoms with Crippen LogP contribution >= 0.6 is 0 Å². The molecular formula is C16H10F3N3O2. The first-order valence-corrected chi connectivity index (χ1v) is 6.48. The quantitative estimate of drug-likeness (QED) is 0.865. The Hall–Kier alpha value is -3.39. The van der Waals surface area contributed by atoms with Crippen LogP contribution in [0.4, 0.5) is 24.5 Å². The summed E-state index contributed by atoms with van der Waals surface area (Å²) in [6.07, 6.45) is 0.